The number of piperidine rings is 1. The molecule has 0 aliphatic carbocycles. The van der Waals surface area contributed by atoms with Gasteiger partial charge in [-0.3, -0.25) is 4.90 Å². The predicted octanol–water partition coefficient (Wildman–Crippen LogP) is 1.83. The molecule has 0 aromatic heterocycles. The van der Waals surface area contributed by atoms with Crippen LogP contribution < -0.4 is 0 Å². The van der Waals surface area contributed by atoms with Gasteiger partial charge in [-0.2, -0.15) is 0 Å². The normalized spacial score (nSPS) is 27.4. The number of hydrogen-bond acceptors (Lipinski definition) is 3. The number of rotatable bonds is 3. The van der Waals surface area contributed by atoms with E-state index >= 15 is 0 Å². The molecule has 0 unspecified atom stereocenters. The predicted molar refractivity (Wildman–Crippen MR) is 76.9 cm³/mol. The van der Waals surface area contributed by atoms with E-state index in [4.69, 9.17) is 0 Å². The first-order chi connectivity index (χ1) is 7.79. The van der Waals surface area contributed by atoms with E-state index in [1.807, 2.05) is 0 Å². The molecule has 2 fully saturated rings. The summed E-state index contributed by atoms with van der Waals surface area (Å²) in [5.41, 5.74) is 0. The molecule has 2 heterocycles. The molecule has 0 N–H and O–H groups in total. The lowest BCUT2D eigenvalue weighted by molar-refractivity contribution is 0.0865. The fourth-order valence-electron chi connectivity index (χ4n) is 2.89. The van der Waals surface area contributed by atoms with Crippen LogP contribution in [0.25, 0.3) is 0 Å². The smallest absolute Gasteiger partial charge is 0.0209 e. The van der Waals surface area contributed by atoms with Crippen LogP contribution in [0.2, 0.25) is 0 Å². The molecule has 0 amide bonds. The second kappa shape index (κ2) is 6.52. The standard InChI is InChI=1S/C12H24IN3/c1-2-5-14-6-3-12(4-7-14)15-8-10-16(13)11-9-15/h12H,2-11H2,1H3. The third-order valence-corrected chi connectivity index (χ3v) is 4.84. The van der Waals surface area contributed by atoms with Gasteiger partial charge in [-0.05, 0) is 38.9 Å². The molecule has 0 aromatic carbocycles. The van der Waals surface area contributed by atoms with Gasteiger partial charge in [0.15, 0.2) is 0 Å². The number of nitrogens with zero attached hydrogens (tertiary/aromatic N) is 3. The summed E-state index contributed by atoms with van der Waals surface area (Å²) in [6, 6.07) is 0.873. The van der Waals surface area contributed by atoms with Gasteiger partial charge in [0.25, 0.3) is 0 Å². The first-order valence-electron chi connectivity index (χ1n) is 6.66. The Morgan fingerprint density at radius 3 is 2.19 bits per heavy atom. The minimum Gasteiger partial charge on any atom is -0.303 e. The Labute approximate surface area is 114 Å². The summed E-state index contributed by atoms with van der Waals surface area (Å²) in [5.74, 6) is 0. The van der Waals surface area contributed by atoms with Crippen molar-refractivity contribution in [3.8, 4) is 0 Å². The first-order valence-corrected chi connectivity index (χ1v) is 7.63. The van der Waals surface area contributed by atoms with Gasteiger partial charge in [-0.15, -0.1) is 0 Å². The van der Waals surface area contributed by atoms with Crippen molar-refractivity contribution in [1.82, 2.24) is 12.9 Å². The maximum absolute atomic E-state index is 2.72. The quantitative estimate of drug-likeness (QED) is 0.575. The lowest BCUT2D eigenvalue weighted by atomic mass is 10.0. The minimum absolute atomic E-state index is 0.873. The van der Waals surface area contributed by atoms with Gasteiger partial charge in [-0.1, -0.05) is 6.92 Å². The highest BCUT2D eigenvalue weighted by Gasteiger charge is 2.26. The lowest BCUT2D eigenvalue weighted by Crippen LogP contribution is -2.51. The second-order valence-electron chi connectivity index (χ2n) is 5.02. The SMILES string of the molecule is CCCN1CCC(N2CCN(I)CC2)CC1. The van der Waals surface area contributed by atoms with Crippen molar-refractivity contribution in [2.45, 2.75) is 32.2 Å². The summed E-state index contributed by atoms with van der Waals surface area (Å²) in [7, 11) is 0. The van der Waals surface area contributed by atoms with E-state index in [0.29, 0.717) is 0 Å². The topological polar surface area (TPSA) is 9.72 Å². The van der Waals surface area contributed by atoms with E-state index in [1.165, 1.54) is 65.1 Å². The summed E-state index contributed by atoms with van der Waals surface area (Å²) in [6.45, 7) is 11.3. The zero-order chi connectivity index (χ0) is 11.4. The summed E-state index contributed by atoms with van der Waals surface area (Å²) in [4.78, 5) is 5.35. The van der Waals surface area contributed by atoms with Crippen molar-refractivity contribution in [1.29, 1.82) is 0 Å². The van der Waals surface area contributed by atoms with Crippen LogP contribution in [0.3, 0.4) is 0 Å². The van der Waals surface area contributed by atoms with E-state index in [2.05, 4.69) is 42.7 Å². The maximum Gasteiger partial charge on any atom is 0.0209 e. The van der Waals surface area contributed by atoms with Crippen molar-refractivity contribution < 1.29 is 0 Å². The molecule has 0 aromatic rings. The Bertz CT molecular complexity index is 196. The van der Waals surface area contributed by atoms with Gasteiger partial charge >= 0.3 is 0 Å². The first kappa shape index (κ1) is 13.1. The van der Waals surface area contributed by atoms with Crippen LogP contribution in [0.5, 0.6) is 0 Å². The van der Waals surface area contributed by atoms with E-state index in [9.17, 15) is 0 Å². The Hall–Kier alpha value is 0.610. The van der Waals surface area contributed by atoms with Crippen LogP contribution in [0.15, 0.2) is 0 Å². The molecular formula is C12H24IN3. The Kier molecular flexibility index (Phi) is 5.32. The zero-order valence-corrected chi connectivity index (χ0v) is 12.5. The number of halogens is 1. The molecule has 2 saturated heterocycles. The van der Waals surface area contributed by atoms with Gasteiger partial charge in [-0.25, -0.2) is 3.11 Å². The monoisotopic (exact) mass is 337 g/mol. The van der Waals surface area contributed by atoms with Gasteiger partial charge in [0.2, 0.25) is 0 Å². The molecule has 4 heteroatoms. The fraction of sp³-hybridized carbons (Fsp3) is 1.00. The molecule has 0 atom stereocenters. The molecule has 94 valence electrons. The van der Waals surface area contributed by atoms with Crippen molar-refractivity contribution in [3.05, 3.63) is 0 Å². The largest absolute Gasteiger partial charge is 0.303 e. The molecule has 16 heavy (non-hydrogen) atoms. The van der Waals surface area contributed by atoms with Crippen LogP contribution in [0.4, 0.5) is 0 Å². The molecule has 0 radical (unpaired) electrons. The van der Waals surface area contributed by atoms with Crippen LogP contribution in [-0.4, -0.2) is 64.8 Å². The van der Waals surface area contributed by atoms with Crippen LogP contribution in [-0.2, 0) is 0 Å². The highest BCUT2D eigenvalue weighted by atomic mass is 127. The third-order valence-electron chi connectivity index (χ3n) is 3.87. The summed E-state index contributed by atoms with van der Waals surface area (Å²) in [5, 5.41) is 0. The molecule has 2 rings (SSSR count). The molecule has 2 aliphatic rings. The highest BCUT2D eigenvalue weighted by molar-refractivity contribution is 14.1. The second-order valence-corrected chi connectivity index (χ2v) is 6.38. The molecule has 0 spiro atoms. The summed E-state index contributed by atoms with van der Waals surface area (Å²) < 4.78 is 2.42. The van der Waals surface area contributed by atoms with Crippen molar-refractivity contribution in [2.24, 2.45) is 0 Å². The Morgan fingerprint density at radius 2 is 1.62 bits per heavy atom. The van der Waals surface area contributed by atoms with Gasteiger partial charge in [0.1, 0.15) is 0 Å². The van der Waals surface area contributed by atoms with E-state index in [1.54, 1.807) is 0 Å². The maximum atomic E-state index is 2.72. The van der Waals surface area contributed by atoms with E-state index in [-0.39, 0.29) is 0 Å². The lowest BCUT2D eigenvalue weighted by Gasteiger charge is -2.41. The van der Waals surface area contributed by atoms with Gasteiger partial charge < -0.3 is 4.90 Å². The van der Waals surface area contributed by atoms with Crippen molar-refractivity contribution >= 4 is 22.9 Å². The van der Waals surface area contributed by atoms with Gasteiger partial charge in [0, 0.05) is 55.1 Å². The zero-order valence-electron chi connectivity index (χ0n) is 10.4. The van der Waals surface area contributed by atoms with Crippen LogP contribution in [0.1, 0.15) is 26.2 Å². The number of piperazine rings is 1. The van der Waals surface area contributed by atoms with Crippen LogP contribution in [0, 0.1) is 0 Å². The average molecular weight is 337 g/mol. The third kappa shape index (κ3) is 3.55. The molecule has 0 saturated carbocycles. The summed E-state index contributed by atoms with van der Waals surface area (Å²) in [6.07, 6.45) is 4.08. The minimum atomic E-state index is 0.873. The number of likely N-dealkylation sites (tertiary alicyclic amines) is 1. The number of hydrogen-bond donors (Lipinski definition) is 0. The van der Waals surface area contributed by atoms with Gasteiger partial charge in [0.05, 0.1) is 0 Å². The van der Waals surface area contributed by atoms with Crippen molar-refractivity contribution in [2.75, 3.05) is 45.8 Å². The molecule has 2 aliphatic heterocycles. The molecule has 3 nitrogen and oxygen atoms in total. The Balaban J connectivity index is 1.72. The molecule has 0 bridgehead atoms. The van der Waals surface area contributed by atoms with Crippen molar-refractivity contribution in [3.63, 3.8) is 0 Å². The summed E-state index contributed by atoms with van der Waals surface area (Å²) >= 11 is 2.45. The Morgan fingerprint density at radius 1 is 1.00 bits per heavy atom. The molecular weight excluding hydrogens is 313 g/mol. The van der Waals surface area contributed by atoms with E-state index < -0.39 is 0 Å². The van der Waals surface area contributed by atoms with E-state index in [0.717, 1.165) is 6.04 Å². The van der Waals surface area contributed by atoms with Crippen LogP contribution >= 0.6 is 22.9 Å². The highest BCUT2D eigenvalue weighted by Crippen LogP contribution is 2.19. The average Bonchev–Trinajstić information content (AvgIpc) is 2.32. The fourth-order valence-corrected chi connectivity index (χ4v) is 3.32.